The Labute approximate surface area is 162 Å². The molecule has 0 radical (unpaired) electrons. The predicted octanol–water partition coefficient (Wildman–Crippen LogP) is 5.04. The van der Waals surface area contributed by atoms with Crippen LogP contribution in [0.25, 0.3) is 10.9 Å². The third-order valence-electron chi connectivity index (χ3n) is 4.94. The molecule has 0 spiro atoms. The minimum absolute atomic E-state index is 0.0464. The van der Waals surface area contributed by atoms with Gasteiger partial charge in [-0.3, -0.25) is 4.98 Å². The van der Waals surface area contributed by atoms with Crippen LogP contribution in [0.2, 0.25) is 5.02 Å². The number of rotatable bonds is 4. The van der Waals surface area contributed by atoms with E-state index in [2.05, 4.69) is 39.5 Å². The van der Waals surface area contributed by atoms with Crippen molar-refractivity contribution in [3.63, 3.8) is 0 Å². The number of hydrogen-bond donors (Lipinski definition) is 1. The molecule has 2 aromatic carbocycles. The van der Waals surface area contributed by atoms with E-state index in [1.54, 1.807) is 18.2 Å². The van der Waals surface area contributed by atoms with E-state index in [1.165, 1.54) is 11.9 Å². The second-order valence-corrected chi connectivity index (χ2v) is 7.08. The molecule has 0 amide bonds. The van der Waals surface area contributed by atoms with Gasteiger partial charge in [-0.05, 0) is 42.8 Å². The van der Waals surface area contributed by atoms with Gasteiger partial charge in [0.15, 0.2) is 5.82 Å². The SMILES string of the molecule is CC(Nc1ccc2c(Cl)ccnc2c1F)c1ccc(N2CCOCC2)cc1. The molecule has 140 valence electrons. The number of ether oxygens (including phenoxy) is 1. The van der Waals surface area contributed by atoms with Gasteiger partial charge >= 0.3 is 0 Å². The molecule has 1 aliphatic rings. The quantitative estimate of drug-likeness (QED) is 0.683. The number of pyridine rings is 1. The molecule has 0 aliphatic carbocycles. The van der Waals surface area contributed by atoms with Crippen LogP contribution < -0.4 is 10.2 Å². The van der Waals surface area contributed by atoms with E-state index in [9.17, 15) is 4.39 Å². The summed E-state index contributed by atoms with van der Waals surface area (Å²) in [6, 6.07) is 13.5. The molecule has 0 saturated carbocycles. The summed E-state index contributed by atoms with van der Waals surface area (Å²) in [5.41, 5.74) is 2.97. The number of nitrogens with zero attached hydrogens (tertiary/aromatic N) is 2. The summed E-state index contributed by atoms with van der Waals surface area (Å²) in [4.78, 5) is 6.44. The number of aromatic nitrogens is 1. The van der Waals surface area contributed by atoms with Crippen LogP contribution in [0.5, 0.6) is 0 Å². The molecule has 0 bridgehead atoms. The molecule has 1 unspecified atom stereocenters. The van der Waals surface area contributed by atoms with Crippen molar-refractivity contribution >= 4 is 33.9 Å². The first-order chi connectivity index (χ1) is 13.1. The lowest BCUT2D eigenvalue weighted by Crippen LogP contribution is -2.36. The van der Waals surface area contributed by atoms with Gasteiger partial charge in [-0.1, -0.05) is 23.7 Å². The van der Waals surface area contributed by atoms with Gasteiger partial charge in [0.1, 0.15) is 5.52 Å². The highest BCUT2D eigenvalue weighted by atomic mass is 35.5. The normalized spacial score (nSPS) is 15.7. The van der Waals surface area contributed by atoms with E-state index >= 15 is 0 Å². The minimum atomic E-state index is -0.383. The second-order valence-electron chi connectivity index (χ2n) is 6.67. The standard InChI is InChI=1S/C21H21ClFN3O/c1-14(15-2-4-16(5-3-15)26-10-12-27-13-11-26)25-19-7-6-17-18(22)8-9-24-21(17)20(19)23/h2-9,14,25H,10-13H2,1H3. The topological polar surface area (TPSA) is 37.4 Å². The highest BCUT2D eigenvalue weighted by molar-refractivity contribution is 6.35. The lowest BCUT2D eigenvalue weighted by molar-refractivity contribution is 0.122. The maximum atomic E-state index is 14.8. The molecular formula is C21H21ClFN3O. The molecule has 1 N–H and O–H groups in total. The van der Waals surface area contributed by atoms with Crippen LogP contribution in [0, 0.1) is 5.82 Å². The summed E-state index contributed by atoms with van der Waals surface area (Å²) in [6.07, 6.45) is 1.52. The van der Waals surface area contributed by atoms with Gasteiger partial charge in [-0.2, -0.15) is 0 Å². The van der Waals surface area contributed by atoms with E-state index in [0.717, 1.165) is 31.9 Å². The molecule has 1 saturated heterocycles. The molecule has 6 heteroatoms. The van der Waals surface area contributed by atoms with Crippen LogP contribution >= 0.6 is 11.6 Å². The Balaban J connectivity index is 1.52. The molecule has 3 aromatic rings. The molecule has 4 nitrogen and oxygen atoms in total. The van der Waals surface area contributed by atoms with Gasteiger partial charge in [0.05, 0.1) is 23.9 Å². The van der Waals surface area contributed by atoms with E-state index < -0.39 is 0 Å². The van der Waals surface area contributed by atoms with E-state index in [0.29, 0.717) is 16.1 Å². The molecule has 1 aliphatic heterocycles. The van der Waals surface area contributed by atoms with Crippen molar-refractivity contribution in [3.05, 3.63) is 65.1 Å². The Bertz CT molecular complexity index is 942. The first-order valence-corrected chi connectivity index (χ1v) is 9.43. The Morgan fingerprint density at radius 3 is 2.59 bits per heavy atom. The van der Waals surface area contributed by atoms with Crippen molar-refractivity contribution in [2.45, 2.75) is 13.0 Å². The van der Waals surface area contributed by atoms with Gasteiger partial charge in [-0.15, -0.1) is 0 Å². The monoisotopic (exact) mass is 385 g/mol. The smallest absolute Gasteiger partial charge is 0.172 e. The predicted molar refractivity (Wildman–Crippen MR) is 108 cm³/mol. The number of anilines is 2. The van der Waals surface area contributed by atoms with Crippen molar-refractivity contribution in [2.75, 3.05) is 36.5 Å². The number of benzene rings is 2. The molecular weight excluding hydrogens is 365 g/mol. The fourth-order valence-electron chi connectivity index (χ4n) is 3.37. The zero-order chi connectivity index (χ0) is 18.8. The summed E-state index contributed by atoms with van der Waals surface area (Å²) in [6.45, 7) is 5.35. The second kappa shape index (κ2) is 7.71. The molecule has 1 aromatic heterocycles. The Hall–Kier alpha value is -2.37. The first-order valence-electron chi connectivity index (χ1n) is 9.05. The number of hydrogen-bond acceptors (Lipinski definition) is 4. The third-order valence-corrected chi connectivity index (χ3v) is 5.27. The van der Waals surface area contributed by atoms with Crippen LogP contribution in [0.15, 0.2) is 48.7 Å². The maximum absolute atomic E-state index is 14.8. The number of halogens is 2. The number of nitrogens with one attached hydrogen (secondary N) is 1. The minimum Gasteiger partial charge on any atom is -0.378 e. The van der Waals surface area contributed by atoms with Crippen molar-refractivity contribution in [1.29, 1.82) is 0 Å². The summed E-state index contributed by atoms with van der Waals surface area (Å²) in [5.74, 6) is -0.383. The summed E-state index contributed by atoms with van der Waals surface area (Å²) in [7, 11) is 0. The molecule has 2 heterocycles. The maximum Gasteiger partial charge on any atom is 0.172 e. The third kappa shape index (κ3) is 3.70. The van der Waals surface area contributed by atoms with Gasteiger partial charge in [0.25, 0.3) is 0 Å². The van der Waals surface area contributed by atoms with Crippen molar-refractivity contribution < 1.29 is 9.13 Å². The van der Waals surface area contributed by atoms with Crippen LogP contribution in [-0.4, -0.2) is 31.3 Å². The van der Waals surface area contributed by atoms with E-state index in [-0.39, 0.29) is 17.4 Å². The largest absolute Gasteiger partial charge is 0.378 e. The van der Waals surface area contributed by atoms with Crippen LogP contribution in [-0.2, 0) is 4.74 Å². The molecule has 27 heavy (non-hydrogen) atoms. The van der Waals surface area contributed by atoms with Gasteiger partial charge in [0, 0.05) is 36.4 Å². The molecule has 1 atom stereocenters. The fourth-order valence-corrected chi connectivity index (χ4v) is 3.58. The van der Waals surface area contributed by atoms with E-state index in [4.69, 9.17) is 16.3 Å². The number of morpholine rings is 1. The summed E-state index contributed by atoms with van der Waals surface area (Å²) >= 11 is 6.12. The Morgan fingerprint density at radius 2 is 1.85 bits per heavy atom. The highest BCUT2D eigenvalue weighted by Crippen LogP contribution is 2.30. The van der Waals surface area contributed by atoms with Crippen LogP contribution in [0.1, 0.15) is 18.5 Å². The first kappa shape index (κ1) is 18.0. The highest BCUT2D eigenvalue weighted by Gasteiger charge is 2.15. The zero-order valence-electron chi connectivity index (χ0n) is 15.1. The Morgan fingerprint density at radius 1 is 1.11 bits per heavy atom. The van der Waals surface area contributed by atoms with Gasteiger partial charge in [0.2, 0.25) is 0 Å². The average molecular weight is 386 g/mol. The number of fused-ring (bicyclic) bond motifs is 1. The van der Waals surface area contributed by atoms with Crippen molar-refractivity contribution in [3.8, 4) is 0 Å². The van der Waals surface area contributed by atoms with E-state index in [1.807, 2.05) is 6.92 Å². The lowest BCUT2D eigenvalue weighted by Gasteiger charge is -2.29. The fraction of sp³-hybridized carbons (Fsp3) is 0.286. The van der Waals surface area contributed by atoms with Gasteiger partial charge in [-0.25, -0.2) is 4.39 Å². The molecule has 4 rings (SSSR count). The van der Waals surface area contributed by atoms with Crippen molar-refractivity contribution in [2.24, 2.45) is 0 Å². The van der Waals surface area contributed by atoms with Crippen molar-refractivity contribution in [1.82, 2.24) is 4.98 Å². The Kier molecular flexibility index (Phi) is 5.14. The zero-order valence-corrected chi connectivity index (χ0v) is 15.8. The average Bonchev–Trinajstić information content (AvgIpc) is 2.71. The van der Waals surface area contributed by atoms with Gasteiger partial charge < -0.3 is 15.0 Å². The lowest BCUT2D eigenvalue weighted by atomic mass is 10.1. The molecule has 1 fully saturated rings. The summed E-state index contributed by atoms with van der Waals surface area (Å²) < 4.78 is 20.2. The summed E-state index contributed by atoms with van der Waals surface area (Å²) in [5, 5.41) is 4.36. The van der Waals surface area contributed by atoms with Crippen LogP contribution in [0.4, 0.5) is 15.8 Å². The van der Waals surface area contributed by atoms with Crippen LogP contribution in [0.3, 0.4) is 0 Å².